The van der Waals surface area contributed by atoms with Gasteiger partial charge in [-0.1, -0.05) is 31.2 Å². The Labute approximate surface area is 165 Å². The highest BCUT2D eigenvalue weighted by molar-refractivity contribution is 5.89. The molecule has 150 valence electrons. The number of carboxylic acids is 1. The van der Waals surface area contributed by atoms with Gasteiger partial charge in [-0.3, -0.25) is 4.79 Å². The molecule has 0 aliphatic carbocycles. The summed E-state index contributed by atoms with van der Waals surface area (Å²) in [5.74, 6) is 0.564. The molecule has 6 nitrogen and oxygen atoms in total. The monoisotopic (exact) mass is 385 g/mol. The number of hydrogen-bond donors (Lipinski definition) is 2. The number of rotatable bonds is 10. The van der Waals surface area contributed by atoms with Crippen molar-refractivity contribution in [3.8, 4) is 11.5 Å². The molecule has 0 saturated carbocycles. The van der Waals surface area contributed by atoms with E-state index in [2.05, 4.69) is 12.2 Å². The van der Waals surface area contributed by atoms with E-state index < -0.39 is 5.97 Å². The molecule has 0 radical (unpaired) electrons. The molecule has 28 heavy (non-hydrogen) atoms. The van der Waals surface area contributed by atoms with Gasteiger partial charge in [-0.2, -0.15) is 0 Å². The van der Waals surface area contributed by atoms with Crippen LogP contribution in [0.4, 0.5) is 0 Å². The van der Waals surface area contributed by atoms with Gasteiger partial charge in [-0.25, -0.2) is 4.79 Å². The van der Waals surface area contributed by atoms with E-state index in [1.807, 2.05) is 18.2 Å². The van der Waals surface area contributed by atoms with Crippen molar-refractivity contribution in [2.75, 3.05) is 20.8 Å². The third kappa shape index (κ3) is 6.01. The fourth-order valence-electron chi connectivity index (χ4n) is 3.05. The predicted molar refractivity (Wildman–Crippen MR) is 107 cm³/mol. The summed E-state index contributed by atoms with van der Waals surface area (Å²) in [4.78, 5) is 23.4. The van der Waals surface area contributed by atoms with Crippen LogP contribution in [0.2, 0.25) is 0 Å². The number of carboxylic acid groups (broad SMARTS) is 1. The highest BCUT2D eigenvalue weighted by Gasteiger charge is 2.12. The average molecular weight is 385 g/mol. The number of carbonyl (C=O) groups is 2. The molecule has 1 amide bonds. The van der Waals surface area contributed by atoms with Crippen molar-refractivity contribution < 1.29 is 24.2 Å². The number of amides is 1. The predicted octanol–water partition coefficient (Wildman–Crippen LogP) is 3.33. The largest absolute Gasteiger partial charge is 0.493 e. The van der Waals surface area contributed by atoms with E-state index >= 15 is 0 Å². The first-order valence-electron chi connectivity index (χ1n) is 9.23. The molecule has 0 bridgehead atoms. The van der Waals surface area contributed by atoms with Crippen LogP contribution in [-0.4, -0.2) is 37.7 Å². The van der Waals surface area contributed by atoms with Crippen molar-refractivity contribution >= 4 is 11.9 Å². The molecule has 1 atom stereocenters. The molecule has 0 aliphatic heterocycles. The second kappa shape index (κ2) is 10.3. The lowest BCUT2D eigenvalue weighted by atomic mass is 10.00. The standard InChI is InChI=1S/C22H27NO5/c1-15(12-16-8-10-19(27-2)20(13-16)28-3)14-23-21(24)11-9-17-6-4-5-7-18(17)22(25)26/h4-8,10,13,15H,9,11-12,14H2,1-3H3,(H,23,24)(H,25,26). The van der Waals surface area contributed by atoms with Crippen LogP contribution >= 0.6 is 0 Å². The lowest BCUT2D eigenvalue weighted by molar-refractivity contribution is -0.121. The van der Waals surface area contributed by atoms with Crippen molar-refractivity contribution in [3.05, 3.63) is 59.2 Å². The van der Waals surface area contributed by atoms with Crippen LogP contribution in [0, 0.1) is 5.92 Å². The number of carbonyl (C=O) groups excluding carboxylic acids is 1. The number of methoxy groups -OCH3 is 2. The zero-order valence-corrected chi connectivity index (χ0v) is 16.5. The molecule has 0 aliphatic rings. The Kier molecular flexibility index (Phi) is 7.87. The first-order valence-corrected chi connectivity index (χ1v) is 9.23. The summed E-state index contributed by atoms with van der Waals surface area (Å²) in [5.41, 5.74) is 2.02. The van der Waals surface area contributed by atoms with Crippen molar-refractivity contribution in [1.29, 1.82) is 0 Å². The third-order valence-corrected chi connectivity index (χ3v) is 4.55. The van der Waals surface area contributed by atoms with E-state index in [0.717, 1.165) is 12.0 Å². The third-order valence-electron chi connectivity index (χ3n) is 4.55. The lowest BCUT2D eigenvalue weighted by Crippen LogP contribution is -2.29. The van der Waals surface area contributed by atoms with E-state index in [4.69, 9.17) is 9.47 Å². The van der Waals surface area contributed by atoms with E-state index in [-0.39, 0.29) is 23.8 Å². The summed E-state index contributed by atoms with van der Waals surface area (Å²) in [7, 11) is 3.21. The Morgan fingerprint density at radius 1 is 1.07 bits per heavy atom. The molecule has 2 N–H and O–H groups in total. The van der Waals surface area contributed by atoms with Gasteiger partial charge in [0.05, 0.1) is 19.8 Å². The van der Waals surface area contributed by atoms with Crippen molar-refractivity contribution in [2.24, 2.45) is 5.92 Å². The molecule has 0 saturated heterocycles. The van der Waals surface area contributed by atoms with E-state index in [1.54, 1.807) is 38.5 Å². The number of nitrogens with one attached hydrogen (secondary N) is 1. The van der Waals surface area contributed by atoms with Gasteiger partial charge in [0.15, 0.2) is 11.5 Å². The van der Waals surface area contributed by atoms with Crippen LogP contribution in [-0.2, 0) is 17.6 Å². The van der Waals surface area contributed by atoms with Crippen LogP contribution in [0.25, 0.3) is 0 Å². The van der Waals surface area contributed by atoms with Gasteiger partial charge >= 0.3 is 5.97 Å². The average Bonchev–Trinajstić information content (AvgIpc) is 2.70. The SMILES string of the molecule is COc1ccc(CC(C)CNC(=O)CCc2ccccc2C(=O)O)cc1OC. The van der Waals surface area contributed by atoms with E-state index in [0.29, 0.717) is 30.0 Å². The molecule has 2 aromatic carbocycles. The van der Waals surface area contributed by atoms with Gasteiger partial charge in [0, 0.05) is 13.0 Å². The smallest absolute Gasteiger partial charge is 0.335 e. The summed E-state index contributed by atoms with van der Waals surface area (Å²) in [6, 6.07) is 12.6. The summed E-state index contributed by atoms with van der Waals surface area (Å²) < 4.78 is 10.6. The second-order valence-corrected chi connectivity index (χ2v) is 6.77. The molecule has 2 aromatic rings. The van der Waals surface area contributed by atoms with Gasteiger partial charge in [-0.05, 0) is 48.1 Å². The Balaban J connectivity index is 1.82. The maximum absolute atomic E-state index is 12.1. The van der Waals surface area contributed by atoms with Gasteiger partial charge in [0.25, 0.3) is 0 Å². The van der Waals surface area contributed by atoms with Crippen molar-refractivity contribution in [1.82, 2.24) is 5.32 Å². The normalized spacial score (nSPS) is 11.5. The fourth-order valence-corrected chi connectivity index (χ4v) is 3.05. The van der Waals surface area contributed by atoms with E-state index in [1.165, 1.54) is 0 Å². The molecule has 1 unspecified atom stereocenters. The quantitative estimate of drug-likeness (QED) is 0.655. The van der Waals surface area contributed by atoms with E-state index in [9.17, 15) is 14.7 Å². The minimum absolute atomic E-state index is 0.0839. The van der Waals surface area contributed by atoms with Gasteiger partial charge in [0.2, 0.25) is 5.91 Å². The second-order valence-electron chi connectivity index (χ2n) is 6.77. The highest BCUT2D eigenvalue weighted by Crippen LogP contribution is 2.28. The van der Waals surface area contributed by atoms with Crippen LogP contribution in [0.15, 0.2) is 42.5 Å². The Bertz CT molecular complexity index is 818. The topological polar surface area (TPSA) is 84.9 Å². The lowest BCUT2D eigenvalue weighted by Gasteiger charge is -2.15. The van der Waals surface area contributed by atoms with Crippen LogP contribution in [0.5, 0.6) is 11.5 Å². The summed E-state index contributed by atoms with van der Waals surface area (Å²) in [6.45, 7) is 2.62. The first kappa shape index (κ1) is 21.3. The van der Waals surface area contributed by atoms with Crippen LogP contribution in [0.1, 0.15) is 34.8 Å². The molecule has 2 rings (SSSR count). The number of benzene rings is 2. The molecular weight excluding hydrogens is 358 g/mol. The molecular formula is C22H27NO5. The minimum Gasteiger partial charge on any atom is -0.493 e. The van der Waals surface area contributed by atoms with Crippen molar-refractivity contribution in [2.45, 2.75) is 26.2 Å². The Morgan fingerprint density at radius 2 is 1.79 bits per heavy atom. The van der Waals surface area contributed by atoms with Gasteiger partial charge in [0.1, 0.15) is 0 Å². The summed E-state index contributed by atoms with van der Waals surface area (Å²) >= 11 is 0. The summed E-state index contributed by atoms with van der Waals surface area (Å²) in [5, 5.41) is 12.1. The molecule has 0 heterocycles. The Morgan fingerprint density at radius 3 is 2.46 bits per heavy atom. The number of aromatic carboxylic acids is 1. The highest BCUT2D eigenvalue weighted by atomic mass is 16.5. The number of ether oxygens (including phenoxy) is 2. The van der Waals surface area contributed by atoms with Gasteiger partial charge < -0.3 is 19.9 Å². The number of aryl methyl sites for hydroxylation is 1. The van der Waals surface area contributed by atoms with Gasteiger partial charge in [-0.15, -0.1) is 0 Å². The fraction of sp³-hybridized carbons (Fsp3) is 0.364. The molecule has 6 heteroatoms. The first-order chi connectivity index (χ1) is 13.4. The summed E-state index contributed by atoms with van der Waals surface area (Å²) in [6.07, 6.45) is 1.45. The van der Waals surface area contributed by atoms with Crippen LogP contribution in [0.3, 0.4) is 0 Å². The minimum atomic E-state index is -0.973. The molecule has 0 fully saturated rings. The molecule has 0 spiro atoms. The maximum atomic E-state index is 12.1. The maximum Gasteiger partial charge on any atom is 0.335 e. The zero-order chi connectivity index (χ0) is 20.5. The molecule has 0 aromatic heterocycles. The number of hydrogen-bond acceptors (Lipinski definition) is 4. The zero-order valence-electron chi connectivity index (χ0n) is 16.5. The van der Waals surface area contributed by atoms with Crippen molar-refractivity contribution in [3.63, 3.8) is 0 Å². The van der Waals surface area contributed by atoms with Crippen LogP contribution < -0.4 is 14.8 Å². The Hall–Kier alpha value is -3.02.